The molecule has 8 nitrogen and oxygen atoms in total. The van der Waals surface area contributed by atoms with Gasteiger partial charge in [0.2, 0.25) is 5.91 Å². The number of fused-ring (bicyclic) bond motifs is 2. The fourth-order valence-electron chi connectivity index (χ4n) is 4.86. The molecule has 3 N–H and O–H groups in total. The maximum absolute atomic E-state index is 12.1. The summed E-state index contributed by atoms with van der Waals surface area (Å²) < 4.78 is 0. The van der Waals surface area contributed by atoms with Gasteiger partial charge >= 0.3 is 0 Å². The molecule has 5 aromatic rings. The second-order valence-corrected chi connectivity index (χ2v) is 9.74. The minimum atomic E-state index is -0.108. The molecule has 1 saturated heterocycles. The molecule has 0 saturated carbocycles. The van der Waals surface area contributed by atoms with Gasteiger partial charge in [-0.05, 0) is 55.7 Å². The molecule has 36 heavy (non-hydrogen) atoms. The van der Waals surface area contributed by atoms with Crippen LogP contribution in [0.4, 0.5) is 11.4 Å². The number of hydrogen-bond donors (Lipinski definition) is 3. The van der Waals surface area contributed by atoms with E-state index in [-0.39, 0.29) is 11.8 Å². The molecule has 1 fully saturated rings. The number of nitrogens with zero attached hydrogens (tertiary/aromatic N) is 4. The largest absolute Gasteiger partial charge is 0.371 e. The number of rotatable bonds is 5. The van der Waals surface area contributed by atoms with Crippen molar-refractivity contribution in [1.29, 1.82) is 0 Å². The molecule has 0 aliphatic carbocycles. The number of aromatic nitrogens is 5. The molecule has 0 bridgehead atoms. The van der Waals surface area contributed by atoms with Crippen molar-refractivity contribution in [2.75, 3.05) is 23.3 Å². The van der Waals surface area contributed by atoms with Crippen molar-refractivity contribution < 1.29 is 4.79 Å². The average Bonchev–Trinajstić information content (AvgIpc) is 3.53. The second kappa shape index (κ2) is 9.11. The summed E-state index contributed by atoms with van der Waals surface area (Å²) in [7, 11) is 0. The van der Waals surface area contributed by atoms with Crippen LogP contribution in [0, 0.1) is 5.92 Å². The smallest absolute Gasteiger partial charge is 0.226 e. The van der Waals surface area contributed by atoms with Crippen LogP contribution >= 0.6 is 0 Å². The summed E-state index contributed by atoms with van der Waals surface area (Å²) in [6, 6.07) is 14.4. The van der Waals surface area contributed by atoms with Gasteiger partial charge in [0.25, 0.3) is 0 Å². The maximum atomic E-state index is 12.1. The highest BCUT2D eigenvalue weighted by Gasteiger charge is 2.18. The summed E-state index contributed by atoms with van der Waals surface area (Å²) in [6.45, 7) is 5.92. The molecule has 4 aromatic heterocycles. The van der Waals surface area contributed by atoms with Crippen molar-refractivity contribution in [2.45, 2.75) is 33.1 Å². The van der Waals surface area contributed by atoms with Gasteiger partial charge in [0.1, 0.15) is 11.2 Å². The number of amides is 1. The lowest BCUT2D eigenvalue weighted by molar-refractivity contribution is -0.118. The fourth-order valence-corrected chi connectivity index (χ4v) is 4.86. The summed E-state index contributed by atoms with van der Waals surface area (Å²) >= 11 is 0. The SMILES string of the molecule is CC(C)C(=O)Nc1cncc(-c2ccc3[nH]nc(-c4cc5c(N6CCCCC6)cccc5[nH]4)c3n2)c1. The molecule has 5 heterocycles. The van der Waals surface area contributed by atoms with Crippen molar-refractivity contribution in [1.82, 2.24) is 25.1 Å². The van der Waals surface area contributed by atoms with Crippen LogP contribution in [0.5, 0.6) is 0 Å². The summed E-state index contributed by atoms with van der Waals surface area (Å²) in [5.41, 5.74) is 7.98. The Bertz CT molecular complexity index is 1560. The first-order chi connectivity index (χ1) is 17.6. The zero-order valence-corrected chi connectivity index (χ0v) is 20.5. The fraction of sp³-hybridized carbons (Fsp3) is 0.286. The van der Waals surface area contributed by atoms with Crippen LogP contribution in [0.3, 0.4) is 0 Å². The van der Waals surface area contributed by atoms with E-state index in [1.54, 1.807) is 12.4 Å². The van der Waals surface area contributed by atoms with E-state index >= 15 is 0 Å². The van der Waals surface area contributed by atoms with Crippen LogP contribution in [-0.4, -0.2) is 44.1 Å². The number of H-pyrrole nitrogens is 2. The Morgan fingerprint density at radius 3 is 2.72 bits per heavy atom. The Hall–Kier alpha value is -4.20. The molecule has 0 spiro atoms. The molecule has 1 aliphatic rings. The summed E-state index contributed by atoms with van der Waals surface area (Å²) in [4.78, 5) is 27.4. The van der Waals surface area contributed by atoms with Crippen LogP contribution < -0.4 is 10.2 Å². The lowest BCUT2D eigenvalue weighted by atomic mass is 10.1. The number of carbonyl (C=O) groups excluding carboxylic acids is 1. The van der Waals surface area contributed by atoms with E-state index in [1.807, 2.05) is 32.0 Å². The summed E-state index contributed by atoms with van der Waals surface area (Å²) in [5.74, 6) is -0.152. The van der Waals surface area contributed by atoms with Gasteiger partial charge in [-0.1, -0.05) is 19.9 Å². The van der Waals surface area contributed by atoms with Gasteiger partial charge in [-0.3, -0.25) is 14.9 Å². The molecule has 0 unspecified atom stereocenters. The monoisotopic (exact) mass is 479 g/mol. The molecule has 1 aliphatic heterocycles. The molecule has 6 rings (SSSR count). The third kappa shape index (κ3) is 4.08. The van der Waals surface area contributed by atoms with E-state index in [1.165, 1.54) is 30.3 Å². The number of pyridine rings is 2. The van der Waals surface area contributed by atoms with Crippen LogP contribution in [-0.2, 0) is 4.79 Å². The molecule has 1 amide bonds. The minimum Gasteiger partial charge on any atom is -0.371 e. The van der Waals surface area contributed by atoms with Gasteiger partial charge in [-0.15, -0.1) is 0 Å². The van der Waals surface area contributed by atoms with Gasteiger partial charge in [-0.2, -0.15) is 5.10 Å². The highest BCUT2D eigenvalue weighted by Crippen LogP contribution is 2.34. The van der Waals surface area contributed by atoms with Gasteiger partial charge in [0.15, 0.2) is 0 Å². The molecule has 0 radical (unpaired) electrons. The van der Waals surface area contributed by atoms with Gasteiger partial charge in [0.05, 0.1) is 28.8 Å². The molecule has 182 valence electrons. The second-order valence-electron chi connectivity index (χ2n) is 9.74. The number of hydrogen-bond acceptors (Lipinski definition) is 5. The first-order valence-corrected chi connectivity index (χ1v) is 12.6. The number of carbonyl (C=O) groups is 1. The van der Waals surface area contributed by atoms with E-state index < -0.39 is 0 Å². The van der Waals surface area contributed by atoms with E-state index in [4.69, 9.17) is 4.98 Å². The Morgan fingerprint density at radius 1 is 1.03 bits per heavy atom. The van der Waals surface area contributed by atoms with Crippen molar-refractivity contribution in [3.8, 4) is 22.6 Å². The normalized spacial score (nSPS) is 14.1. The van der Waals surface area contributed by atoms with Crippen molar-refractivity contribution in [3.05, 3.63) is 54.9 Å². The predicted molar refractivity (Wildman–Crippen MR) is 144 cm³/mol. The number of piperidine rings is 1. The van der Waals surface area contributed by atoms with Crippen LogP contribution in [0.2, 0.25) is 0 Å². The van der Waals surface area contributed by atoms with Crippen molar-refractivity contribution in [2.24, 2.45) is 5.92 Å². The number of anilines is 2. The van der Waals surface area contributed by atoms with Gasteiger partial charge < -0.3 is 15.2 Å². The predicted octanol–water partition coefficient (Wildman–Crippen LogP) is 5.75. The Kier molecular flexibility index (Phi) is 5.64. The molecular formula is C28H29N7O. The highest BCUT2D eigenvalue weighted by molar-refractivity contribution is 5.99. The summed E-state index contributed by atoms with van der Waals surface area (Å²) in [6.07, 6.45) is 7.19. The molecule has 1 aromatic carbocycles. The number of nitrogens with one attached hydrogen (secondary N) is 3. The average molecular weight is 480 g/mol. The Labute approximate surface area is 209 Å². The summed E-state index contributed by atoms with van der Waals surface area (Å²) in [5, 5.41) is 11.9. The van der Waals surface area contributed by atoms with Crippen LogP contribution in [0.15, 0.2) is 54.9 Å². The molecule has 0 atom stereocenters. The Balaban J connectivity index is 1.38. The quantitative estimate of drug-likeness (QED) is 0.298. The van der Waals surface area contributed by atoms with E-state index in [0.29, 0.717) is 5.69 Å². The van der Waals surface area contributed by atoms with E-state index in [2.05, 4.69) is 54.6 Å². The topological polar surface area (TPSA) is 103 Å². The lowest BCUT2D eigenvalue weighted by Gasteiger charge is -2.29. The number of benzene rings is 1. The first-order valence-electron chi connectivity index (χ1n) is 12.6. The van der Waals surface area contributed by atoms with Gasteiger partial charge in [0, 0.05) is 47.4 Å². The van der Waals surface area contributed by atoms with Crippen LogP contribution in [0.25, 0.3) is 44.6 Å². The zero-order chi connectivity index (χ0) is 24.6. The highest BCUT2D eigenvalue weighted by atomic mass is 16.1. The molecular weight excluding hydrogens is 450 g/mol. The van der Waals surface area contributed by atoms with E-state index in [0.717, 1.165) is 52.3 Å². The number of aromatic amines is 2. The lowest BCUT2D eigenvalue weighted by Crippen LogP contribution is -2.29. The Morgan fingerprint density at radius 2 is 1.89 bits per heavy atom. The maximum Gasteiger partial charge on any atom is 0.226 e. The molecule has 8 heteroatoms. The van der Waals surface area contributed by atoms with Gasteiger partial charge in [-0.25, -0.2) is 4.98 Å². The van der Waals surface area contributed by atoms with Crippen molar-refractivity contribution >= 4 is 39.2 Å². The van der Waals surface area contributed by atoms with E-state index in [9.17, 15) is 4.79 Å². The third-order valence-electron chi connectivity index (χ3n) is 6.83. The zero-order valence-electron chi connectivity index (χ0n) is 20.5. The standard InChI is InChI=1S/C28H29N7O/c1-17(2)28(36)30-19-13-18(15-29-16-19)21-9-10-23-26(32-21)27(34-33-23)24-14-20-22(31-24)7-6-8-25(20)35-11-4-3-5-12-35/h6-10,13-17,31H,3-5,11-12H2,1-2H3,(H,30,36)(H,33,34). The van der Waals surface area contributed by atoms with Crippen molar-refractivity contribution in [3.63, 3.8) is 0 Å². The van der Waals surface area contributed by atoms with Crippen LogP contribution in [0.1, 0.15) is 33.1 Å². The first kappa shape index (κ1) is 22.3. The minimum absolute atomic E-state index is 0.0442. The third-order valence-corrected chi connectivity index (χ3v) is 6.83.